The molecule has 1 atom stereocenters. The molecule has 1 nitrogen and oxygen atoms in total. The minimum absolute atomic E-state index is 0.137. The third-order valence-corrected chi connectivity index (χ3v) is 3.45. The highest BCUT2D eigenvalue weighted by Gasteiger charge is 2.20. The monoisotopic (exact) mass is 231 g/mol. The van der Waals surface area contributed by atoms with Crippen molar-refractivity contribution >= 4 is 0 Å². The van der Waals surface area contributed by atoms with Gasteiger partial charge in [-0.3, -0.25) is 0 Å². The van der Waals surface area contributed by atoms with Crippen LogP contribution in [-0.2, 0) is 6.42 Å². The van der Waals surface area contributed by atoms with E-state index in [1.807, 2.05) is 0 Å². The SMILES string of the molecule is C=CC(C)(CNCC)Cc1ccc(C)c(C)c1. The Morgan fingerprint density at radius 2 is 2.00 bits per heavy atom. The molecule has 94 valence electrons. The van der Waals surface area contributed by atoms with E-state index in [0.717, 1.165) is 19.5 Å². The smallest absolute Gasteiger partial charge is 0.00428 e. The van der Waals surface area contributed by atoms with Crippen LogP contribution in [0, 0.1) is 19.3 Å². The summed E-state index contributed by atoms with van der Waals surface area (Å²) in [6.07, 6.45) is 3.12. The zero-order valence-electron chi connectivity index (χ0n) is 11.6. The van der Waals surface area contributed by atoms with Gasteiger partial charge >= 0.3 is 0 Å². The van der Waals surface area contributed by atoms with Crippen LogP contribution in [0.15, 0.2) is 30.9 Å². The van der Waals surface area contributed by atoms with Gasteiger partial charge in [0.25, 0.3) is 0 Å². The first-order valence-electron chi connectivity index (χ1n) is 6.41. The molecule has 1 aromatic carbocycles. The van der Waals surface area contributed by atoms with Gasteiger partial charge in [0.1, 0.15) is 0 Å². The van der Waals surface area contributed by atoms with Gasteiger partial charge in [-0.1, -0.05) is 38.1 Å². The van der Waals surface area contributed by atoms with Crippen LogP contribution >= 0.6 is 0 Å². The fraction of sp³-hybridized carbons (Fsp3) is 0.500. The Balaban J connectivity index is 2.79. The van der Waals surface area contributed by atoms with E-state index in [9.17, 15) is 0 Å². The van der Waals surface area contributed by atoms with Gasteiger partial charge in [-0.15, -0.1) is 6.58 Å². The van der Waals surface area contributed by atoms with Crippen LogP contribution in [0.4, 0.5) is 0 Å². The maximum absolute atomic E-state index is 3.98. The molecular weight excluding hydrogens is 206 g/mol. The quantitative estimate of drug-likeness (QED) is 0.737. The van der Waals surface area contributed by atoms with E-state index < -0.39 is 0 Å². The van der Waals surface area contributed by atoms with E-state index in [-0.39, 0.29) is 5.41 Å². The van der Waals surface area contributed by atoms with E-state index in [4.69, 9.17) is 0 Å². The normalized spacial score (nSPS) is 14.4. The Hall–Kier alpha value is -1.08. The lowest BCUT2D eigenvalue weighted by atomic mass is 9.83. The van der Waals surface area contributed by atoms with E-state index in [0.29, 0.717) is 0 Å². The Kier molecular flexibility index (Phi) is 4.95. The summed E-state index contributed by atoms with van der Waals surface area (Å²) in [6, 6.07) is 6.74. The lowest BCUT2D eigenvalue weighted by Gasteiger charge is -2.26. The second-order valence-electron chi connectivity index (χ2n) is 5.23. The van der Waals surface area contributed by atoms with Crippen LogP contribution in [0.3, 0.4) is 0 Å². The molecule has 0 saturated heterocycles. The zero-order valence-corrected chi connectivity index (χ0v) is 11.6. The summed E-state index contributed by atoms with van der Waals surface area (Å²) in [6.45, 7) is 14.7. The predicted octanol–water partition coefficient (Wildman–Crippen LogP) is 3.65. The van der Waals surface area contributed by atoms with E-state index in [1.165, 1.54) is 16.7 Å². The summed E-state index contributed by atoms with van der Waals surface area (Å²) >= 11 is 0. The molecule has 0 heterocycles. The third kappa shape index (κ3) is 4.01. The first-order valence-corrected chi connectivity index (χ1v) is 6.41. The Labute approximate surface area is 106 Å². The molecule has 1 heteroatoms. The number of aryl methyl sites for hydroxylation is 2. The summed E-state index contributed by atoms with van der Waals surface area (Å²) in [5, 5.41) is 3.41. The van der Waals surface area contributed by atoms with Gasteiger partial charge in [0.05, 0.1) is 0 Å². The highest BCUT2D eigenvalue weighted by Crippen LogP contribution is 2.24. The topological polar surface area (TPSA) is 12.0 Å². The lowest BCUT2D eigenvalue weighted by Crippen LogP contribution is -2.31. The van der Waals surface area contributed by atoms with Crippen LogP contribution in [0.25, 0.3) is 0 Å². The number of rotatable bonds is 6. The van der Waals surface area contributed by atoms with Crippen molar-refractivity contribution in [1.82, 2.24) is 5.32 Å². The van der Waals surface area contributed by atoms with Crippen molar-refractivity contribution in [3.63, 3.8) is 0 Å². The molecule has 0 aliphatic carbocycles. The number of hydrogen-bond donors (Lipinski definition) is 1. The molecule has 0 bridgehead atoms. The third-order valence-electron chi connectivity index (χ3n) is 3.45. The van der Waals surface area contributed by atoms with Crippen LogP contribution in [-0.4, -0.2) is 13.1 Å². The molecule has 0 spiro atoms. The lowest BCUT2D eigenvalue weighted by molar-refractivity contribution is 0.396. The van der Waals surface area contributed by atoms with Crippen LogP contribution in [0.5, 0.6) is 0 Å². The van der Waals surface area contributed by atoms with Crippen molar-refractivity contribution in [3.05, 3.63) is 47.5 Å². The minimum atomic E-state index is 0.137. The molecule has 0 amide bonds. The van der Waals surface area contributed by atoms with Crippen LogP contribution < -0.4 is 5.32 Å². The van der Waals surface area contributed by atoms with E-state index in [1.54, 1.807) is 0 Å². The molecule has 1 N–H and O–H groups in total. The molecule has 0 aromatic heterocycles. The number of hydrogen-bond acceptors (Lipinski definition) is 1. The van der Waals surface area contributed by atoms with Gasteiger partial charge in [0.2, 0.25) is 0 Å². The van der Waals surface area contributed by atoms with Gasteiger partial charge in [-0.25, -0.2) is 0 Å². The molecule has 17 heavy (non-hydrogen) atoms. The van der Waals surface area contributed by atoms with Crippen molar-refractivity contribution < 1.29 is 0 Å². The highest BCUT2D eigenvalue weighted by molar-refractivity contribution is 5.31. The van der Waals surface area contributed by atoms with E-state index >= 15 is 0 Å². The van der Waals surface area contributed by atoms with Crippen molar-refractivity contribution in [2.75, 3.05) is 13.1 Å². The van der Waals surface area contributed by atoms with Crippen molar-refractivity contribution in [1.29, 1.82) is 0 Å². The molecule has 0 saturated carbocycles. The van der Waals surface area contributed by atoms with Gasteiger partial charge < -0.3 is 5.32 Å². The highest BCUT2D eigenvalue weighted by atomic mass is 14.9. The summed E-state index contributed by atoms with van der Waals surface area (Å²) < 4.78 is 0. The Bertz CT molecular complexity index is 381. The molecule has 1 unspecified atom stereocenters. The average molecular weight is 231 g/mol. The van der Waals surface area contributed by atoms with Crippen molar-refractivity contribution in [2.45, 2.75) is 34.1 Å². The van der Waals surface area contributed by atoms with Crippen LogP contribution in [0.2, 0.25) is 0 Å². The first-order chi connectivity index (χ1) is 8.00. The molecule has 1 aromatic rings. The summed E-state index contributed by atoms with van der Waals surface area (Å²) in [7, 11) is 0. The summed E-state index contributed by atoms with van der Waals surface area (Å²) in [5.41, 5.74) is 4.27. The zero-order chi connectivity index (χ0) is 12.9. The van der Waals surface area contributed by atoms with Gasteiger partial charge in [0.15, 0.2) is 0 Å². The Morgan fingerprint density at radius 3 is 2.53 bits per heavy atom. The first kappa shape index (κ1) is 14.0. The molecule has 0 aliphatic rings. The maximum Gasteiger partial charge on any atom is 0.00428 e. The van der Waals surface area contributed by atoms with Gasteiger partial charge in [0, 0.05) is 12.0 Å². The molecular formula is C16H25N. The van der Waals surface area contributed by atoms with Gasteiger partial charge in [-0.05, 0) is 43.5 Å². The minimum Gasteiger partial charge on any atom is -0.316 e. The van der Waals surface area contributed by atoms with Crippen LogP contribution in [0.1, 0.15) is 30.5 Å². The maximum atomic E-state index is 3.98. The molecule has 1 rings (SSSR count). The summed E-state index contributed by atoms with van der Waals surface area (Å²) in [4.78, 5) is 0. The fourth-order valence-corrected chi connectivity index (χ4v) is 2.00. The predicted molar refractivity (Wildman–Crippen MR) is 76.5 cm³/mol. The summed E-state index contributed by atoms with van der Waals surface area (Å²) in [5.74, 6) is 0. The standard InChI is InChI=1S/C16H25N/c1-6-16(5,12-17-7-2)11-15-9-8-13(3)14(4)10-15/h6,8-10,17H,1,7,11-12H2,2-5H3. The molecule has 0 fully saturated rings. The van der Waals surface area contributed by atoms with E-state index in [2.05, 4.69) is 63.9 Å². The Morgan fingerprint density at radius 1 is 1.29 bits per heavy atom. The largest absolute Gasteiger partial charge is 0.316 e. The van der Waals surface area contributed by atoms with Gasteiger partial charge in [-0.2, -0.15) is 0 Å². The number of benzene rings is 1. The second kappa shape index (κ2) is 6.02. The number of nitrogens with one attached hydrogen (secondary N) is 1. The fourth-order valence-electron chi connectivity index (χ4n) is 2.00. The van der Waals surface area contributed by atoms with Crippen molar-refractivity contribution in [3.8, 4) is 0 Å². The van der Waals surface area contributed by atoms with Crippen molar-refractivity contribution in [2.24, 2.45) is 5.41 Å². The second-order valence-corrected chi connectivity index (χ2v) is 5.23. The molecule has 0 aliphatic heterocycles. The average Bonchev–Trinajstić information content (AvgIpc) is 2.31. The molecule has 0 radical (unpaired) electrons.